The quantitative estimate of drug-likeness (QED) is 0.681. The predicted octanol–water partition coefficient (Wildman–Crippen LogP) is 1.65. The van der Waals surface area contributed by atoms with Crippen LogP contribution in [-0.2, 0) is 14.8 Å². The molecule has 0 bridgehead atoms. The van der Waals surface area contributed by atoms with Crippen LogP contribution in [0, 0.1) is 11.7 Å². The number of hydrogen-bond donors (Lipinski definition) is 2. The molecule has 2 fully saturated rings. The summed E-state index contributed by atoms with van der Waals surface area (Å²) in [5.74, 6) is -1.36. The van der Waals surface area contributed by atoms with Crippen LogP contribution in [0.25, 0.3) is 0 Å². The Hall–Kier alpha value is -2.98. The predicted molar refractivity (Wildman–Crippen MR) is 117 cm³/mol. The zero-order valence-corrected chi connectivity index (χ0v) is 18.2. The summed E-state index contributed by atoms with van der Waals surface area (Å²) in [7, 11) is -4.12. The standard InChI is InChI=1S/C22H25FN4O4S/c23-19-6-1-2-7-20(19)32(30,31)25-17-5-3-4-16(12-17)22(29)27-13-18(14-27)26-10-8-15(9-11-26)21(24)28/h1-7,12,15,18,25H,8-11,13-14H2,(H2,24,28). The molecule has 0 aliphatic carbocycles. The Labute approximate surface area is 186 Å². The molecule has 0 spiro atoms. The minimum atomic E-state index is -4.12. The summed E-state index contributed by atoms with van der Waals surface area (Å²) in [4.78, 5) is 27.7. The van der Waals surface area contributed by atoms with E-state index in [2.05, 4.69) is 9.62 Å². The zero-order chi connectivity index (χ0) is 22.9. The fourth-order valence-corrected chi connectivity index (χ4v) is 5.30. The molecular weight excluding hydrogens is 435 g/mol. The Kier molecular flexibility index (Phi) is 6.16. The number of benzene rings is 2. The topological polar surface area (TPSA) is 113 Å². The number of halogens is 1. The molecule has 2 saturated heterocycles. The summed E-state index contributed by atoms with van der Waals surface area (Å²) in [6, 6.07) is 11.5. The van der Waals surface area contributed by atoms with E-state index >= 15 is 0 Å². The van der Waals surface area contributed by atoms with Crippen molar-refractivity contribution in [1.82, 2.24) is 9.80 Å². The summed E-state index contributed by atoms with van der Waals surface area (Å²) < 4.78 is 41.2. The number of rotatable bonds is 6. The second-order valence-corrected chi connectivity index (χ2v) is 9.84. The lowest BCUT2D eigenvalue weighted by atomic mass is 9.93. The molecule has 2 heterocycles. The second-order valence-electron chi connectivity index (χ2n) is 8.19. The van der Waals surface area contributed by atoms with Gasteiger partial charge in [-0.2, -0.15) is 0 Å². The number of nitrogens with zero attached hydrogens (tertiary/aromatic N) is 2. The Bertz CT molecular complexity index is 1130. The van der Waals surface area contributed by atoms with Crippen molar-refractivity contribution in [2.75, 3.05) is 30.9 Å². The summed E-state index contributed by atoms with van der Waals surface area (Å²) in [6.45, 7) is 2.72. The van der Waals surface area contributed by atoms with E-state index in [0.717, 1.165) is 32.0 Å². The summed E-state index contributed by atoms with van der Waals surface area (Å²) >= 11 is 0. The van der Waals surface area contributed by atoms with Gasteiger partial charge in [0.05, 0.1) is 0 Å². The van der Waals surface area contributed by atoms with Crippen LogP contribution in [0.4, 0.5) is 10.1 Å². The van der Waals surface area contributed by atoms with Crippen LogP contribution >= 0.6 is 0 Å². The minimum Gasteiger partial charge on any atom is -0.369 e. The molecule has 2 aromatic rings. The number of anilines is 1. The van der Waals surface area contributed by atoms with Gasteiger partial charge in [-0.05, 0) is 56.3 Å². The summed E-state index contributed by atoms with van der Waals surface area (Å²) in [5, 5.41) is 0. The minimum absolute atomic E-state index is 0.0695. The highest BCUT2D eigenvalue weighted by Crippen LogP contribution is 2.25. The second kappa shape index (κ2) is 8.87. The fourth-order valence-electron chi connectivity index (χ4n) is 4.17. The number of carbonyl (C=O) groups is 2. The number of nitrogens with two attached hydrogens (primary N) is 1. The number of primary amides is 1. The van der Waals surface area contributed by atoms with E-state index in [1.807, 2.05) is 0 Å². The van der Waals surface area contributed by atoms with Gasteiger partial charge >= 0.3 is 0 Å². The number of likely N-dealkylation sites (tertiary alicyclic amines) is 2. The highest BCUT2D eigenvalue weighted by atomic mass is 32.2. The van der Waals surface area contributed by atoms with E-state index in [9.17, 15) is 22.4 Å². The highest BCUT2D eigenvalue weighted by molar-refractivity contribution is 7.92. The van der Waals surface area contributed by atoms with Crippen molar-refractivity contribution in [3.05, 3.63) is 59.9 Å². The van der Waals surface area contributed by atoms with Crippen LogP contribution in [0.2, 0.25) is 0 Å². The maximum atomic E-state index is 13.9. The number of amides is 2. The normalized spacial score (nSPS) is 18.2. The van der Waals surface area contributed by atoms with E-state index < -0.39 is 20.7 Å². The Morgan fingerprint density at radius 3 is 2.38 bits per heavy atom. The molecule has 170 valence electrons. The van der Waals surface area contributed by atoms with Gasteiger partial charge in [-0.25, -0.2) is 12.8 Å². The van der Waals surface area contributed by atoms with Crippen molar-refractivity contribution in [3.8, 4) is 0 Å². The third kappa shape index (κ3) is 4.61. The first-order chi connectivity index (χ1) is 15.2. The summed E-state index contributed by atoms with van der Waals surface area (Å²) in [6.07, 6.45) is 1.48. The van der Waals surface area contributed by atoms with Gasteiger partial charge in [0, 0.05) is 36.3 Å². The molecule has 32 heavy (non-hydrogen) atoms. The Balaban J connectivity index is 1.37. The van der Waals surface area contributed by atoms with E-state index in [4.69, 9.17) is 5.73 Å². The van der Waals surface area contributed by atoms with Gasteiger partial charge in [0.25, 0.3) is 15.9 Å². The third-order valence-electron chi connectivity index (χ3n) is 6.09. The first-order valence-corrected chi connectivity index (χ1v) is 11.9. The van der Waals surface area contributed by atoms with Crippen molar-refractivity contribution >= 4 is 27.5 Å². The monoisotopic (exact) mass is 460 g/mol. The fraction of sp³-hybridized carbons (Fsp3) is 0.364. The van der Waals surface area contributed by atoms with Crippen molar-refractivity contribution in [2.24, 2.45) is 11.7 Å². The van der Waals surface area contributed by atoms with Gasteiger partial charge in [-0.1, -0.05) is 18.2 Å². The van der Waals surface area contributed by atoms with Gasteiger partial charge < -0.3 is 10.6 Å². The maximum Gasteiger partial charge on any atom is 0.264 e. The van der Waals surface area contributed by atoms with Crippen molar-refractivity contribution < 1.29 is 22.4 Å². The van der Waals surface area contributed by atoms with Crippen LogP contribution in [0.15, 0.2) is 53.4 Å². The van der Waals surface area contributed by atoms with Crippen LogP contribution in [0.1, 0.15) is 23.2 Å². The van der Waals surface area contributed by atoms with Gasteiger partial charge in [-0.3, -0.25) is 19.2 Å². The maximum absolute atomic E-state index is 13.9. The molecule has 3 N–H and O–H groups in total. The SMILES string of the molecule is NC(=O)C1CCN(C2CN(C(=O)c3cccc(NS(=O)(=O)c4ccccc4F)c3)C2)CC1. The molecule has 0 atom stereocenters. The third-order valence-corrected chi connectivity index (χ3v) is 7.50. The number of carbonyl (C=O) groups excluding carboxylic acids is 2. The molecule has 2 aliphatic heterocycles. The molecule has 0 aromatic heterocycles. The molecule has 4 rings (SSSR count). The van der Waals surface area contributed by atoms with Crippen molar-refractivity contribution in [2.45, 2.75) is 23.8 Å². The lowest BCUT2D eigenvalue weighted by Crippen LogP contribution is -2.62. The smallest absolute Gasteiger partial charge is 0.264 e. The van der Waals surface area contributed by atoms with E-state index in [-0.39, 0.29) is 29.5 Å². The highest BCUT2D eigenvalue weighted by Gasteiger charge is 2.37. The molecule has 0 unspecified atom stereocenters. The average Bonchev–Trinajstić information content (AvgIpc) is 2.73. The first-order valence-electron chi connectivity index (χ1n) is 10.4. The van der Waals surface area contributed by atoms with E-state index in [0.29, 0.717) is 18.7 Å². The zero-order valence-electron chi connectivity index (χ0n) is 17.4. The van der Waals surface area contributed by atoms with E-state index in [1.165, 1.54) is 30.3 Å². The number of sulfonamides is 1. The molecule has 8 nitrogen and oxygen atoms in total. The molecular formula is C22H25FN4O4S. The average molecular weight is 461 g/mol. The first kappa shape index (κ1) is 22.2. The lowest BCUT2D eigenvalue weighted by Gasteiger charge is -2.47. The molecule has 2 amide bonds. The Morgan fingerprint density at radius 2 is 1.72 bits per heavy atom. The van der Waals surface area contributed by atoms with Gasteiger partial charge in [0.2, 0.25) is 5.91 Å². The largest absolute Gasteiger partial charge is 0.369 e. The molecule has 2 aliphatic rings. The number of piperidine rings is 1. The van der Waals surface area contributed by atoms with Gasteiger partial charge in [0.1, 0.15) is 10.7 Å². The van der Waals surface area contributed by atoms with Gasteiger partial charge in [0.15, 0.2) is 0 Å². The van der Waals surface area contributed by atoms with Gasteiger partial charge in [-0.15, -0.1) is 0 Å². The lowest BCUT2D eigenvalue weighted by molar-refractivity contribution is -0.123. The Morgan fingerprint density at radius 1 is 1.03 bits per heavy atom. The van der Waals surface area contributed by atoms with Crippen molar-refractivity contribution in [1.29, 1.82) is 0 Å². The van der Waals surface area contributed by atoms with Crippen LogP contribution < -0.4 is 10.5 Å². The molecule has 0 radical (unpaired) electrons. The van der Waals surface area contributed by atoms with Crippen LogP contribution in [-0.4, -0.2) is 62.3 Å². The number of nitrogens with one attached hydrogen (secondary N) is 1. The van der Waals surface area contributed by atoms with Crippen LogP contribution in [0.5, 0.6) is 0 Å². The van der Waals surface area contributed by atoms with E-state index in [1.54, 1.807) is 17.0 Å². The molecule has 10 heteroatoms. The van der Waals surface area contributed by atoms with Crippen LogP contribution in [0.3, 0.4) is 0 Å². The molecule has 0 saturated carbocycles. The van der Waals surface area contributed by atoms with Crippen molar-refractivity contribution in [3.63, 3.8) is 0 Å². The summed E-state index contributed by atoms with van der Waals surface area (Å²) in [5.41, 5.74) is 5.92. The molecule has 2 aromatic carbocycles. The number of hydrogen-bond acceptors (Lipinski definition) is 5.